The van der Waals surface area contributed by atoms with Gasteiger partial charge in [0.25, 0.3) is 0 Å². The predicted octanol–water partition coefficient (Wildman–Crippen LogP) is 3.77. The number of hydrogen-bond acceptors (Lipinski definition) is 1. The second kappa shape index (κ2) is 5.45. The zero-order valence-electron chi connectivity index (χ0n) is 9.36. The number of aldehydes is 1. The molecule has 16 heavy (non-hydrogen) atoms. The molecule has 0 atom stereocenters. The molecule has 1 heteroatoms. The minimum absolute atomic E-state index is 0.887. The maximum Gasteiger partial charge on any atom is 0.143 e. The summed E-state index contributed by atoms with van der Waals surface area (Å²) in [6, 6.07) is 10.1. The number of carbonyl (C=O) groups excluding carboxylic acids is 1. The molecule has 0 heterocycles. The highest BCUT2D eigenvalue weighted by Gasteiger charge is 2.10. The molecule has 0 saturated carbocycles. The van der Waals surface area contributed by atoms with Gasteiger partial charge >= 0.3 is 0 Å². The van der Waals surface area contributed by atoms with Crippen LogP contribution in [0.4, 0.5) is 0 Å². The molecule has 82 valence electrons. The normalized spacial score (nSPS) is 16.8. The molecule has 0 amide bonds. The largest absolute Gasteiger partial charge is 0.299 e. The summed E-state index contributed by atoms with van der Waals surface area (Å²) in [4.78, 5) is 10.7. The van der Waals surface area contributed by atoms with Gasteiger partial charge in [0, 0.05) is 0 Å². The molecule has 0 saturated heterocycles. The van der Waals surface area contributed by atoms with Gasteiger partial charge in [-0.05, 0) is 48.5 Å². The molecule has 0 aliphatic heterocycles. The van der Waals surface area contributed by atoms with Crippen molar-refractivity contribution in [3.8, 4) is 0 Å². The fourth-order valence-corrected chi connectivity index (χ4v) is 2.16. The predicted molar refractivity (Wildman–Crippen MR) is 67.0 cm³/mol. The summed E-state index contributed by atoms with van der Waals surface area (Å²) in [6.07, 6.45) is 9.57. The minimum atomic E-state index is 0.887. The van der Waals surface area contributed by atoms with Gasteiger partial charge < -0.3 is 0 Å². The highest BCUT2D eigenvalue weighted by molar-refractivity contribution is 5.89. The number of allylic oxidation sites excluding steroid dienone is 4. The molecule has 0 fully saturated rings. The van der Waals surface area contributed by atoms with Crippen molar-refractivity contribution in [1.82, 2.24) is 0 Å². The van der Waals surface area contributed by atoms with Gasteiger partial charge in [0.05, 0.1) is 0 Å². The van der Waals surface area contributed by atoms with Crippen LogP contribution in [0.3, 0.4) is 0 Å². The molecule has 1 aliphatic carbocycles. The van der Waals surface area contributed by atoms with E-state index < -0.39 is 0 Å². The van der Waals surface area contributed by atoms with Crippen molar-refractivity contribution in [3.63, 3.8) is 0 Å². The average Bonchev–Trinajstić information content (AvgIpc) is 2.38. The van der Waals surface area contributed by atoms with Crippen LogP contribution in [0.2, 0.25) is 0 Å². The number of rotatable bonds is 3. The Balaban J connectivity index is 2.35. The van der Waals surface area contributed by atoms with Gasteiger partial charge in [-0.15, -0.1) is 0 Å². The lowest BCUT2D eigenvalue weighted by molar-refractivity contribution is -0.104. The van der Waals surface area contributed by atoms with Gasteiger partial charge in [-0.1, -0.05) is 36.4 Å². The van der Waals surface area contributed by atoms with Crippen molar-refractivity contribution in [1.29, 1.82) is 0 Å². The first-order valence-electron chi connectivity index (χ1n) is 5.82. The number of carbonyl (C=O) groups is 1. The summed E-state index contributed by atoms with van der Waals surface area (Å²) in [6.45, 7) is 0. The van der Waals surface area contributed by atoms with Crippen molar-refractivity contribution in [3.05, 3.63) is 53.6 Å². The van der Waals surface area contributed by atoms with E-state index in [0.29, 0.717) is 0 Å². The van der Waals surface area contributed by atoms with Crippen LogP contribution in [-0.2, 0) is 4.79 Å². The third-order valence-corrected chi connectivity index (χ3v) is 2.96. The van der Waals surface area contributed by atoms with Crippen LogP contribution in [-0.4, -0.2) is 6.29 Å². The van der Waals surface area contributed by atoms with Crippen molar-refractivity contribution in [2.24, 2.45) is 0 Å². The maximum absolute atomic E-state index is 10.7. The molecule has 2 rings (SSSR count). The SMILES string of the molecule is O=C/C=C(/C1=CCCCC1)c1ccccc1. The van der Waals surface area contributed by atoms with E-state index in [2.05, 4.69) is 18.2 Å². The number of hydrogen-bond donors (Lipinski definition) is 0. The van der Waals surface area contributed by atoms with E-state index in [9.17, 15) is 4.79 Å². The Morgan fingerprint density at radius 2 is 1.94 bits per heavy atom. The van der Waals surface area contributed by atoms with Crippen LogP contribution < -0.4 is 0 Å². The molecule has 0 N–H and O–H groups in total. The second-order valence-corrected chi connectivity index (χ2v) is 4.06. The van der Waals surface area contributed by atoms with Gasteiger partial charge in [0.1, 0.15) is 6.29 Å². The van der Waals surface area contributed by atoms with E-state index in [1.165, 1.54) is 18.4 Å². The summed E-state index contributed by atoms with van der Waals surface area (Å²) < 4.78 is 0. The molecule has 1 aromatic rings. The summed E-state index contributed by atoms with van der Waals surface area (Å²) in [5, 5.41) is 0. The van der Waals surface area contributed by atoms with Crippen LogP contribution in [0.1, 0.15) is 31.2 Å². The summed E-state index contributed by atoms with van der Waals surface area (Å²) in [5.74, 6) is 0. The zero-order chi connectivity index (χ0) is 11.2. The average molecular weight is 212 g/mol. The molecule has 0 spiro atoms. The fraction of sp³-hybridized carbons (Fsp3) is 0.267. The summed E-state index contributed by atoms with van der Waals surface area (Å²) >= 11 is 0. The minimum Gasteiger partial charge on any atom is -0.299 e. The Morgan fingerprint density at radius 1 is 1.12 bits per heavy atom. The van der Waals surface area contributed by atoms with E-state index in [1.807, 2.05) is 18.2 Å². The summed E-state index contributed by atoms with van der Waals surface area (Å²) in [5.41, 5.74) is 3.56. The third kappa shape index (κ3) is 2.48. The Bertz CT molecular complexity index is 412. The van der Waals surface area contributed by atoms with E-state index in [4.69, 9.17) is 0 Å². The van der Waals surface area contributed by atoms with Gasteiger partial charge in [-0.3, -0.25) is 4.79 Å². The van der Waals surface area contributed by atoms with Gasteiger partial charge in [0.2, 0.25) is 0 Å². The lowest BCUT2D eigenvalue weighted by Gasteiger charge is -2.15. The molecule has 0 bridgehead atoms. The highest BCUT2D eigenvalue weighted by atomic mass is 16.1. The zero-order valence-corrected chi connectivity index (χ0v) is 9.36. The van der Waals surface area contributed by atoms with Crippen molar-refractivity contribution in [2.45, 2.75) is 25.7 Å². The van der Waals surface area contributed by atoms with Crippen molar-refractivity contribution in [2.75, 3.05) is 0 Å². The Kier molecular flexibility index (Phi) is 3.71. The molecule has 0 unspecified atom stereocenters. The van der Waals surface area contributed by atoms with Crippen LogP contribution in [0.25, 0.3) is 5.57 Å². The fourth-order valence-electron chi connectivity index (χ4n) is 2.16. The lowest BCUT2D eigenvalue weighted by Crippen LogP contribution is -1.96. The molecular weight excluding hydrogens is 196 g/mol. The molecule has 1 nitrogen and oxygen atoms in total. The standard InChI is InChI=1S/C15H16O/c16-12-11-15(13-7-3-1-4-8-13)14-9-5-2-6-10-14/h1,3-4,7-9,11-12H,2,5-6,10H2/b15-11+. The first kappa shape index (κ1) is 10.9. The molecule has 1 aromatic carbocycles. The highest BCUT2D eigenvalue weighted by Crippen LogP contribution is 2.30. The molecule has 1 aliphatic rings. The Hall–Kier alpha value is -1.63. The first-order valence-corrected chi connectivity index (χ1v) is 5.82. The van der Waals surface area contributed by atoms with Gasteiger partial charge in [0.15, 0.2) is 0 Å². The third-order valence-electron chi connectivity index (χ3n) is 2.96. The van der Waals surface area contributed by atoms with E-state index >= 15 is 0 Å². The van der Waals surface area contributed by atoms with Gasteiger partial charge in [-0.25, -0.2) is 0 Å². The summed E-state index contributed by atoms with van der Waals surface area (Å²) in [7, 11) is 0. The molecular formula is C15H16O. The Labute approximate surface area is 96.5 Å². The van der Waals surface area contributed by atoms with Crippen LogP contribution in [0, 0.1) is 0 Å². The lowest BCUT2D eigenvalue weighted by atomic mass is 9.89. The van der Waals surface area contributed by atoms with E-state index in [1.54, 1.807) is 6.08 Å². The monoisotopic (exact) mass is 212 g/mol. The molecule has 0 aromatic heterocycles. The Morgan fingerprint density at radius 3 is 2.56 bits per heavy atom. The smallest absolute Gasteiger partial charge is 0.143 e. The maximum atomic E-state index is 10.7. The number of benzene rings is 1. The second-order valence-electron chi connectivity index (χ2n) is 4.06. The van der Waals surface area contributed by atoms with Crippen LogP contribution in [0.5, 0.6) is 0 Å². The van der Waals surface area contributed by atoms with E-state index in [0.717, 1.165) is 30.3 Å². The van der Waals surface area contributed by atoms with Crippen LogP contribution >= 0.6 is 0 Å². The van der Waals surface area contributed by atoms with Crippen LogP contribution in [0.15, 0.2) is 48.1 Å². The van der Waals surface area contributed by atoms with Crippen molar-refractivity contribution < 1.29 is 4.79 Å². The first-order chi connectivity index (χ1) is 7.92. The van der Waals surface area contributed by atoms with Crippen molar-refractivity contribution >= 4 is 11.9 Å². The molecule has 0 radical (unpaired) electrons. The van der Waals surface area contributed by atoms with E-state index in [-0.39, 0.29) is 0 Å². The van der Waals surface area contributed by atoms with Gasteiger partial charge in [-0.2, -0.15) is 0 Å². The quantitative estimate of drug-likeness (QED) is 0.550. The topological polar surface area (TPSA) is 17.1 Å².